The maximum atomic E-state index is 5.68. The fourth-order valence-electron chi connectivity index (χ4n) is 1.65. The summed E-state index contributed by atoms with van der Waals surface area (Å²) in [6.45, 7) is 9.92. The van der Waals surface area contributed by atoms with Crippen LogP contribution in [0.1, 0.15) is 38.1 Å². The minimum Gasteiger partial charge on any atom is -0.377 e. The maximum Gasteiger partial charge on any atom is 0.0666 e. The molecular formula is C12H23N3O. The number of nitrogens with zero attached hydrogens (tertiary/aromatic N) is 2. The standard InChI is InChI=1S/C12H23N3O/c1-6-13-12(8-16-9(2)3)11-7-14-15(5)10(11)4/h7,9,12-13H,6,8H2,1-5H3. The Morgan fingerprint density at radius 1 is 1.50 bits per heavy atom. The minimum atomic E-state index is 0.237. The molecule has 1 rings (SSSR count). The lowest BCUT2D eigenvalue weighted by Crippen LogP contribution is -2.27. The molecule has 0 radical (unpaired) electrons. The largest absolute Gasteiger partial charge is 0.377 e. The van der Waals surface area contributed by atoms with Crippen molar-refractivity contribution in [2.45, 2.75) is 39.8 Å². The molecule has 1 aromatic heterocycles. The van der Waals surface area contributed by atoms with E-state index in [1.165, 1.54) is 11.3 Å². The molecular weight excluding hydrogens is 202 g/mol. The lowest BCUT2D eigenvalue weighted by molar-refractivity contribution is 0.0613. The number of nitrogens with one attached hydrogen (secondary N) is 1. The van der Waals surface area contributed by atoms with E-state index in [1.54, 1.807) is 0 Å². The number of hydrogen-bond donors (Lipinski definition) is 1. The summed E-state index contributed by atoms with van der Waals surface area (Å²) in [6.07, 6.45) is 2.19. The first-order valence-corrected chi connectivity index (χ1v) is 5.89. The van der Waals surface area contributed by atoms with Gasteiger partial charge in [-0.25, -0.2) is 0 Å². The molecule has 0 aromatic carbocycles. The molecule has 0 aliphatic heterocycles. The Balaban J connectivity index is 2.72. The predicted molar refractivity (Wildman–Crippen MR) is 65.5 cm³/mol. The summed E-state index contributed by atoms with van der Waals surface area (Å²) in [6, 6.07) is 0.237. The molecule has 4 nitrogen and oxygen atoms in total. The second-order valence-corrected chi connectivity index (χ2v) is 4.30. The van der Waals surface area contributed by atoms with E-state index in [-0.39, 0.29) is 12.1 Å². The number of rotatable bonds is 6. The highest BCUT2D eigenvalue weighted by Gasteiger charge is 2.16. The predicted octanol–water partition coefficient (Wildman–Crippen LogP) is 1.80. The van der Waals surface area contributed by atoms with E-state index < -0.39 is 0 Å². The lowest BCUT2D eigenvalue weighted by atomic mass is 10.1. The van der Waals surface area contributed by atoms with Gasteiger partial charge in [0.05, 0.1) is 24.9 Å². The summed E-state index contributed by atoms with van der Waals surface area (Å²) in [5.74, 6) is 0. The highest BCUT2D eigenvalue weighted by Crippen LogP contribution is 2.17. The van der Waals surface area contributed by atoms with Crippen LogP contribution in [0.2, 0.25) is 0 Å². The molecule has 0 aliphatic rings. The van der Waals surface area contributed by atoms with Crippen molar-refractivity contribution in [3.63, 3.8) is 0 Å². The second kappa shape index (κ2) is 6.01. The summed E-state index contributed by atoms with van der Waals surface area (Å²) in [4.78, 5) is 0. The molecule has 16 heavy (non-hydrogen) atoms. The van der Waals surface area contributed by atoms with Crippen LogP contribution in [-0.2, 0) is 11.8 Å². The van der Waals surface area contributed by atoms with Crippen molar-refractivity contribution in [3.05, 3.63) is 17.5 Å². The lowest BCUT2D eigenvalue weighted by Gasteiger charge is -2.19. The molecule has 0 bridgehead atoms. The van der Waals surface area contributed by atoms with Crippen LogP contribution in [0.5, 0.6) is 0 Å². The smallest absolute Gasteiger partial charge is 0.0666 e. The maximum absolute atomic E-state index is 5.68. The Morgan fingerprint density at radius 2 is 2.19 bits per heavy atom. The van der Waals surface area contributed by atoms with Gasteiger partial charge in [-0.3, -0.25) is 4.68 Å². The topological polar surface area (TPSA) is 39.1 Å². The van der Waals surface area contributed by atoms with Gasteiger partial charge in [-0.2, -0.15) is 5.10 Å². The van der Waals surface area contributed by atoms with E-state index in [1.807, 2.05) is 17.9 Å². The fourth-order valence-corrected chi connectivity index (χ4v) is 1.65. The van der Waals surface area contributed by atoms with E-state index in [0.29, 0.717) is 6.61 Å². The number of aryl methyl sites for hydroxylation is 1. The molecule has 1 unspecified atom stereocenters. The summed E-state index contributed by atoms with van der Waals surface area (Å²) in [5.41, 5.74) is 2.42. The normalized spacial score (nSPS) is 13.4. The first kappa shape index (κ1) is 13.2. The van der Waals surface area contributed by atoms with Gasteiger partial charge in [0.15, 0.2) is 0 Å². The van der Waals surface area contributed by atoms with Crippen molar-refractivity contribution >= 4 is 0 Å². The quantitative estimate of drug-likeness (QED) is 0.802. The van der Waals surface area contributed by atoms with E-state index in [0.717, 1.165) is 6.54 Å². The van der Waals surface area contributed by atoms with Crippen LogP contribution >= 0.6 is 0 Å². The third kappa shape index (κ3) is 3.32. The zero-order valence-corrected chi connectivity index (χ0v) is 10.9. The summed E-state index contributed by atoms with van der Waals surface area (Å²) in [5, 5.41) is 7.70. The zero-order valence-electron chi connectivity index (χ0n) is 10.9. The fraction of sp³-hybridized carbons (Fsp3) is 0.750. The van der Waals surface area contributed by atoms with Crippen LogP contribution in [0.25, 0.3) is 0 Å². The Bertz CT molecular complexity index is 320. The van der Waals surface area contributed by atoms with Crippen LogP contribution in [-0.4, -0.2) is 29.0 Å². The molecule has 92 valence electrons. The zero-order chi connectivity index (χ0) is 12.1. The van der Waals surface area contributed by atoms with E-state index in [2.05, 4.69) is 38.1 Å². The third-order valence-corrected chi connectivity index (χ3v) is 2.70. The average molecular weight is 225 g/mol. The molecule has 1 atom stereocenters. The van der Waals surface area contributed by atoms with E-state index in [9.17, 15) is 0 Å². The van der Waals surface area contributed by atoms with Crippen LogP contribution in [0.4, 0.5) is 0 Å². The van der Waals surface area contributed by atoms with Gasteiger partial charge in [0.1, 0.15) is 0 Å². The number of aromatic nitrogens is 2. The first-order valence-electron chi connectivity index (χ1n) is 5.89. The summed E-state index contributed by atoms with van der Waals surface area (Å²) in [7, 11) is 1.96. The minimum absolute atomic E-state index is 0.237. The Morgan fingerprint density at radius 3 is 2.62 bits per heavy atom. The summed E-state index contributed by atoms with van der Waals surface area (Å²) < 4.78 is 7.57. The van der Waals surface area contributed by atoms with E-state index in [4.69, 9.17) is 4.74 Å². The van der Waals surface area contributed by atoms with Crippen molar-refractivity contribution in [3.8, 4) is 0 Å². The molecule has 0 saturated carbocycles. The van der Waals surface area contributed by atoms with Crippen LogP contribution in [0.3, 0.4) is 0 Å². The Labute approximate surface area is 98.0 Å². The highest BCUT2D eigenvalue weighted by atomic mass is 16.5. The number of ether oxygens (including phenoxy) is 1. The molecule has 4 heteroatoms. The Kier molecular flexibility index (Phi) is 4.96. The highest BCUT2D eigenvalue weighted by molar-refractivity contribution is 5.20. The van der Waals surface area contributed by atoms with Gasteiger partial charge in [-0.15, -0.1) is 0 Å². The SMILES string of the molecule is CCNC(COC(C)C)c1cnn(C)c1C. The van der Waals surface area contributed by atoms with Gasteiger partial charge in [0, 0.05) is 18.3 Å². The molecule has 0 fully saturated rings. The van der Waals surface area contributed by atoms with Gasteiger partial charge >= 0.3 is 0 Å². The van der Waals surface area contributed by atoms with Crippen molar-refractivity contribution in [1.29, 1.82) is 0 Å². The molecule has 0 saturated heterocycles. The van der Waals surface area contributed by atoms with Gasteiger partial charge in [-0.05, 0) is 27.3 Å². The van der Waals surface area contributed by atoms with E-state index >= 15 is 0 Å². The van der Waals surface area contributed by atoms with Crippen molar-refractivity contribution < 1.29 is 4.74 Å². The second-order valence-electron chi connectivity index (χ2n) is 4.30. The molecule has 1 aromatic rings. The Hall–Kier alpha value is -0.870. The van der Waals surface area contributed by atoms with Gasteiger partial charge < -0.3 is 10.1 Å². The van der Waals surface area contributed by atoms with Crippen LogP contribution in [0.15, 0.2) is 6.20 Å². The molecule has 0 aliphatic carbocycles. The number of likely N-dealkylation sites (N-methyl/N-ethyl adjacent to an activating group) is 1. The molecule has 0 amide bonds. The first-order chi connectivity index (χ1) is 7.56. The molecule has 0 spiro atoms. The molecule has 1 N–H and O–H groups in total. The monoisotopic (exact) mass is 225 g/mol. The van der Waals surface area contributed by atoms with Gasteiger partial charge in [0.25, 0.3) is 0 Å². The average Bonchev–Trinajstić information content (AvgIpc) is 2.55. The third-order valence-electron chi connectivity index (χ3n) is 2.70. The van der Waals surface area contributed by atoms with Gasteiger partial charge in [-0.1, -0.05) is 6.92 Å². The number of hydrogen-bond acceptors (Lipinski definition) is 3. The van der Waals surface area contributed by atoms with Crippen LogP contribution < -0.4 is 5.32 Å². The van der Waals surface area contributed by atoms with Crippen LogP contribution in [0, 0.1) is 6.92 Å². The van der Waals surface area contributed by atoms with Crippen molar-refractivity contribution in [2.75, 3.05) is 13.2 Å². The van der Waals surface area contributed by atoms with Crippen molar-refractivity contribution in [1.82, 2.24) is 15.1 Å². The van der Waals surface area contributed by atoms with Crippen molar-refractivity contribution in [2.24, 2.45) is 7.05 Å². The summed E-state index contributed by atoms with van der Waals surface area (Å²) >= 11 is 0. The molecule has 1 heterocycles. The van der Waals surface area contributed by atoms with Gasteiger partial charge in [0.2, 0.25) is 0 Å².